The van der Waals surface area contributed by atoms with Gasteiger partial charge in [0.25, 0.3) is 8.32 Å². The molecular weight excluding hydrogens is 394 g/mol. The Morgan fingerprint density at radius 2 is 1.42 bits per heavy atom. The molecule has 1 unspecified atom stereocenters. The van der Waals surface area contributed by atoms with E-state index in [1.54, 1.807) is 0 Å². The summed E-state index contributed by atoms with van der Waals surface area (Å²) in [6.07, 6.45) is 2.96. The van der Waals surface area contributed by atoms with Crippen LogP contribution in [0.2, 0.25) is 5.04 Å². The van der Waals surface area contributed by atoms with Gasteiger partial charge < -0.3 is 9.33 Å². The van der Waals surface area contributed by atoms with Gasteiger partial charge in [-0.05, 0) is 52.4 Å². The summed E-state index contributed by atoms with van der Waals surface area (Å²) in [6, 6.07) is 30.4. The highest BCUT2D eigenvalue weighted by atomic mass is 28.4. The van der Waals surface area contributed by atoms with Gasteiger partial charge in [0.1, 0.15) is 0 Å². The minimum Gasteiger partial charge on any atom is -0.407 e. The van der Waals surface area contributed by atoms with Crippen molar-refractivity contribution in [3.63, 3.8) is 0 Å². The highest BCUT2D eigenvalue weighted by Gasteiger charge is 2.49. The second-order valence-electron chi connectivity index (χ2n) is 9.45. The average molecular weight is 431 g/mol. The van der Waals surface area contributed by atoms with E-state index in [1.165, 1.54) is 21.6 Å². The molecule has 0 aliphatic carbocycles. The van der Waals surface area contributed by atoms with Gasteiger partial charge in [0.2, 0.25) is 0 Å². The maximum atomic E-state index is 8.19. The smallest absolute Gasteiger partial charge is 0.261 e. The lowest BCUT2D eigenvalue weighted by Crippen LogP contribution is -2.66. The summed E-state index contributed by atoms with van der Waals surface area (Å²) in [5.41, 5.74) is 2.45. The molecule has 4 rings (SSSR count). The predicted octanol–water partition coefficient (Wildman–Crippen LogP) is 5.41. The molecule has 3 aromatic carbocycles. The molecule has 3 heteroatoms. The lowest BCUT2D eigenvalue weighted by Gasteiger charge is -2.43. The third-order valence-electron chi connectivity index (χ3n) is 6.35. The van der Waals surface area contributed by atoms with E-state index in [1.807, 2.05) is 0 Å². The minimum absolute atomic E-state index is 0.00153. The lowest BCUT2D eigenvalue weighted by atomic mass is 10.1. The van der Waals surface area contributed by atoms with Gasteiger partial charge in [0.15, 0.2) is 0 Å². The molecule has 0 radical (unpaired) electrons. The van der Waals surface area contributed by atoms with Crippen LogP contribution in [0.25, 0.3) is 0 Å². The molecular formula is C28H35NOSi. The molecule has 2 nitrogen and oxygen atoms in total. The topological polar surface area (TPSA) is 12.5 Å². The van der Waals surface area contributed by atoms with Crippen molar-refractivity contribution in [2.45, 2.75) is 45.1 Å². The van der Waals surface area contributed by atoms with Crippen LogP contribution in [0.3, 0.4) is 0 Å². The molecule has 1 saturated heterocycles. The van der Waals surface area contributed by atoms with Crippen molar-refractivity contribution in [3.8, 4) is 0 Å². The first kappa shape index (κ1) is 20.5. The molecule has 0 spiro atoms. The van der Waals surface area contributed by atoms with Crippen molar-refractivity contribution in [2.75, 3.05) is 24.6 Å². The van der Waals surface area contributed by atoms with Crippen molar-refractivity contribution in [1.82, 2.24) is 0 Å². The maximum absolute atomic E-state index is 8.19. The fourth-order valence-electron chi connectivity index (χ4n) is 4.77. The molecule has 3 aromatic rings. The Morgan fingerprint density at radius 1 is 0.839 bits per heavy atom. The highest BCUT2D eigenvalue weighted by molar-refractivity contribution is 6.99. The van der Waals surface area contributed by atoms with Crippen molar-refractivity contribution < 1.29 is 5.80 Å². The van der Waals surface area contributed by atoms with Crippen LogP contribution in [-0.2, 0) is 10.8 Å². The first-order chi connectivity index (χ1) is 15.4. The van der Waals surface area contributed by atoms with Gasteiger partial charge in [-0.3, -0.25) is 0 Å². The molecule has 0 N–H and O–H groups in total. The zero-order valence-corrected chi connectivity index (χ0v) is 20.1. The fraction of sp³-hybridized carbons (Fsp3) is 0.357. The van der Waals surface area contributed by atoms with Gasteiger partial charge in [0.05, 0.1) is 0 Å². The molecule has 0 bridgehead atoms. The van der Waals surface area contributed by atoms with Crippen LogP contribution >= 0.6 is 0 Å². The van der Waals surface area contributed by atoms with Crippen LogP contribution in [0, 0.1) is 0 Å². The van der Waals surface area contributed by atoms with Crippen molar-refractivity contribution in [2.24, 2.45) is 0 Å². The number of hydrogen-bond acceptors (Lipinski definition) is 2. The third-order valence-corrected chi connectivity index (χ3v) is 11.4. The largest absolute Gasteiger partial charge is 0.407 e. The normalized spacial score (nSPS) is 17.6. The van der Waals surface area contributed by atoms with Gasteiger partial charge in [-0.2, -0.15) is 0 Å². The van der Waals surface area contributed by atoms with Crippen LogP contribution in [0.1, 0.15) is 40.5 Å². The molecule has 1 aliphatic heterocycles. The first-order valence-electron chi connectivity index (χ1n) is 12.0. The fourth-order valence-corrected chi connectivity index (χ4v) is 9.34. The monoisotopic (exact) mass is 430 g/mol. The van der Waals surface area contributed by atoms with E-state index in [2.05, 4.69) is 111 Å². The van der Waals surface area contributed by atoms with Gasteiger partial charge in [-0.1, -0.05) is 93.6 Å². The van der Waals surface area contributed by atoms with Crippen LogP contribution in [0.15, 0.2) is 84.9 Å². The second kappa shape index (κ2) is 9.42. The number of hydrogen-bond donors (Lipinski definition) is 0. The number of anilines is 1. The summed E-state index contributed by atoms with van der Waals surface area (Å²) < 4.78 is 15.2. The lowest BCUT2D eigenvalue weighted by molar-refractivity contribution is 0.302. The van der Waals surface area contributed by atoms with E-state index in [-0.39, 0.29) is 11.6 Å². The summed E-state index contributed by atoms with van der Waals surface area (Å²) in [7, 11) is -2.48. The molecule has 162 valence electrons. The molecule has 0 amide bonds. The van der Waals surface area contributed by atoms with Crippen molar-refractivity contribution in [3.05, 3.63) is 90.5 Å². The van der Waals surface area contributed by atoms with E-state index in [0.29, 0.717) is 6.61 Å². The number of benzene rings is 3. The zero-order valence-electron chi connectivity index (χ0n) is 20.1. The van der Waals surface area contributed by atoms with Crippen molar-refractivity contribution >= 4 is 24.4 Å². The second-order valence-corrected chi connectivity index (χ2v) is 13.8. The Bertz CT molecular complexity index is 946. The van der Waals surface area contributed by atoms with E-state index >= 15 is 0 Å². The number of rotatable bonds is 7. The summed E-state index contributed by atoms with van der Waals surface area (Å²) in [5, 5.41) is 2.65. The molecule has 1 fully saturated rings. The summed E-state index contributed by atoms with van der Waals surface area (Å²) in [6.45, 7) is 8.55. The molecule has 1 atom stereocenters. The van der Waals surface area contributed by atoms with Crippen LogP contribution in [-0.4, -0.2) is 28.0 Å². The van der Waals surface area contributed by atoms with Gasteiger partial charge in [-0.25, -0.2) is 0 Å². The van der Waals surface area contributed by atoms with Crippen LogP contribution in [0.5, 0.6) is 0 Å². The molecule has 0 saturated carbocycles. The summed E-state index contributed by atoms with van der Waals surface area (Å²) >= 11 is 0. The Morgan fingerprint density at radius 3 is 1.90 bits per heavy atom. The Balaban J connectivity index is 1.56. The van der Waals surface area contributed by atoms with Crippen LogP contribution in [0.4, 0.5) is 5.69 Å². The van der Waals surface area contributed by atoms with Gasteiger partial charge >= 0.3 is 0 Å². The first-order valence-corrected chi connectivity index (χ1v) is 13.4. The zero-order chi connectivity index (χ0) is 22.6. The SMILES string of the molecule is [2H]C1CCCN1c1ccc(CCO[Si](c2ccccc2)(c2ccccc2)C(C)(C)C)cc1. The predicted molar refractivity (Wildman–Crippen MR) is 135 cm³/mol. The van der Waals surface area contributed by atoms with E-state index in [0.717, 1.165) is 25.8 Å². The Kier molecular flexibility index (Phi) is 6.24. The van der Waals surface area contributed by atoms with E-state index < -0.39 is 8.32 Å². The average Bonchev–Trinajstić information content (AvgIpc) is 3.23. The molecule has 1 aliphatic rings. The third kappa shape index (κ3) is 4.63. The molecule has 31 heavy (non-hydrogen) atoms. The molecule has 0 aromatic heterocycles. The Hall–Kier alpha value is -2.36. The van der Waals surface area contributed by atoms with E-state index in [9.17, 15) is 0 Å². The minimum atomic E-state index is -2.48. The highest BCUT2D eigenvalue weighted by Crippen LogP contribution is 2.36. The summed E-state index contributed by atoms with van der Waals surface area (Å²) in [4.78, 5) is 2.20. The molecule has 1 heterocycles. The maximum Gasteiger partial charge on any atom is 0.261 e. The van der Waals surface area contributed by atoms with Crippen LogP contribution < -0.4 is 15.3 Å². The van der Waals surface area contributed by atoms with Gasteiger partial charge in [-0.15, -0.1) is 0 Å². The van der Waals surface area contributed by atoms with E-state index in [4.69, 9.17) is 5.80 Å². The van der Waals surface area contributed by atoms with Gasteiger partial charge in [0, 0.05) is 26.7 Å². The standard InChI is InChI=1S/C28H35NOSi/c1-28(2,3)31(26-12-6-4-7-13-26,27-14-8-5-9-15-27)30-23-20-24-16-18-25(19-17-24)29-21-10-11-22-29/h4-9,12-19H,10-11,20-23H2,1-3H3/i21D. The number of nitrogens with zero attached hydrogens (tertiary/aromatic N) is 1. The van der Waals surface area contributed by atoms with Crippen molar-refractivity contribution in [1.29, 1.82) is 0 Å². The summed E-state index contributed by atoms with van der Waals surface area (Å²) in [5.74, 6) is 0. The Labute approximate surface area is 190 Å². The quantitative estimate of drug-likeness (QED) is 0.465.